The molecule has 0 saturated carbocycles. The van der Waals surface area contributed by atoms with Crippen LogP contribution in [0.15, 0.2) is 11.1 Å². The summed E-state index contributed by atoms with van der Waals surface area (Å²) in [5.41, 5.74) is 9.30. The van der Waals surface area contributed by atoms with Crippen LogP contribution in [0.2, 0.25) is 0 Å². The fourth-order valence-corrected chi connectivity index (χ4v) is 3.47. The van der Waals surface area contributed by atoms with Crippen LogP contribution >= 0.6 is 0 Å². The second-order valence-electron chi connectivity index (χ2n) is 5.93. The summed E-state index contributed by atoms with van der Waals surface area (Å²) in [6.45, 7) is 1.96. The number of amides is 1. The maximum absolute atomic E-state index is 13.0. The van der Waals surface area contributed by atoms with Gasteiger partial charge >= 0.3 is 0 Å². The monoisotopic (exact) mass is 314 g/mol. The lowest BCUT2D eigenvalue weighted by Gasteiger charge is -2.27. The third kappa shape index (κ3) is 2.17. The number of fused-ring (bicyclic) bond motifs is 2. The Bertz CT molecular complexity index is 837. The zero-order valence-electron chi connectivity index (χ0n) is 12.7. The average molecular weight is 314 g/mol. The summed E-state index contributed by atoms with van der Waals surface area (Å²) in [4.78, 5) is 33.3. The van der Waals surface area contributed by atoms with Gasteiger partial charge in [0, 0.05) is 25.2 Å². The van der Waals surface area contributed by atoms with Crippen LogP contribution in [0.4, 0.5) is 0 Å². The maximum atomic E-state index is 13.0. The summed E-state index contributed by atoms with van der Waals surface area (Å²) in [5.74, 6) is -0.0543. The highest BCUT2D eigenvalue weighted by Crippen LogP contribution is 2.25. The van der Waals surface area contributed by atoms with Crippen LogP contribution < -0.4 is 11.3 Å². The van der Waals surface area contributed by atoms with Crippen molar-refractivity contribution in [1.29, 1.82) is 0 Å². The number of rotatable bonds is 2. The van der Waals surface area contributed by atoms with Gasteiger partial charge in [0.15, 0.2) is 0 Å². The normalized spacial score (nSPS) is 16.3. The first kappa shape index (κ1) is 14.1. The molecule has 1 amide bonds. The number of aryl methyl sites for hydroxylation is 1. The molecule has 3 N–H and O–H groups in total. The van der Waals surface area contributed by atoms with Crippen LogP contribution in [0.1, 0.15) is 39.4 Å². The van der Waals surface area contributed by atoms with Gasteiger partial charge in [0.2, 0.25) is 0 Å². The molecule has 2 aromatic heterocycles. The van der Waals surface area contributed by atoms with Gasteiger partial charge in [0.05, 0.1) is 35.5 Å². The van der Waals surface area contributed by atoms with E-state index in [0.717, 1.165) is 25.1 Å². The summed E-state index contributed by atoms with van der Waals surface area (Å²) in [6.07, 6.45) is 3.77. The van der Waals surface area contributed by atoms with E-state index >= 15 is 0 Å². The second kappa shape index (κ2) is 5.31. The molecule has 4 heterocycles. The molecule has 0 fully saturated rings. The first-order chi connectivity index (χ1) is 11.2. The van der Waals surface area contributed by atoms with Gasteiger partial charge < -0.3 is 15.6 Å². The number of carbonyl (C=O) groups excluding carboxylic acids is 1. The van der Waals surface area contributed by atoms with Crippen molar-refractivity contribution < 1.29 is 4.79 Å². The van der Waals surface area contributed by atoms with E-state index in [1.54, 1.807) is 4.90 Å². The van der Waals surface area contributed by atoms with Crippen molar-refractivity contribution in [3.63, 3.8) is 0 Å². The highest BCUT2D eigenvalue weighted by Gasteiger charge is 2.31. The van der Waals surface area contributed by atoms with Crippen LogP contribution in [0.25, 0.3) is 0 Å². The van der Waals surface area contributed by atoms with Crippen molar-refractivity contribution >= 4 is 5.91 Å². The molecule has 120 valence electrons. The van der Waals surface area contributed by atoms with Crippen LogP contribution in [-0.2, 0) is 32.5 Å². The van der Waals surface area contributed by atoms with Crippen molar-refractivity contribution in [2.75, 3.05) is 6.54 Å². The predicted molar refractivity (Wildman–Crippen MR) is 81.7 cm³/mol. The Hall–Kier alpha value is -2.48. The molecule has 2 aromatic rings. The summed E-state index contributed by atoms with van der Waals surface area (Å²) in [6, 6.07) is 0. The molecule has 0 aliphatic carbocycles. The Morgan fingerprint density at radius 3 is 3.04 bits per heavy atom. The van der Waals surface area contributed by atoms with Gasteiger partial charge in [-0.25, -0.2) is 4.98 Å². The standard InChI is InChI=1S/C15H18N6O2/c16-6-10-13(12-2-1-4-21(12)19-10)15(23)20-5-3-9-11(7-20)17-8-18-14(9)22/h8H,1-7,16H2,(H,17,18,22). The topological polar surface area (TPSA) is 110 Å². The molecule has 0 saturated heterocycles. The molecule has 2 aliphatic heterocycles. The highest BCUT2D eigenvalue weighted by molar-refractivity contribution is 5.96. The maximum Gasteiger partial charge on any atom is 0.258 e. The first-order valence-corrected chi connectivity index (χ1v) is 7.82. The zero-order chi connectivity index (χ0) is 16.0. The molecule has 8 nitrogen and oxygen atoms in total. The van der Waals surface area contributed by atoms with Crippen LogP contribution in [0, 0.1) is 0 Å². The van der Waals surface area contributed by atoms with Gasteiger partial charge in [0.25, 0.3) is 11.5 Å². The molecule has 23 heavy (non-hydrogen) atoms. The molecule has 0 bridgehead atoms. The number of nitrogens with one attached hydrogen (secondary N) is 1. The Kier molecular flexibility index (Phi) is 3.26. The fraction of sp³-hybridized carbons (Fsp3) is 0.467. The lowest BCUT2D eigenvalue weighted by molar-refractivity contribution is 0.0729. The lowest BCUT2D eigenvalue weighted by Crippen LogP contribution is -2.39. The van der Waals surface area contributed by atoms with E-state index in [9.17, 15) is 9.59 Å². The quantitative estimate of drug-likeness (QED) is 0.781. The van der Waals surface area contributed by atoms with Gasteiger partial charge in [-0.15, -0.1) is 0 Å². The molecular formula is C15H18N6O2. The van der Waals surface area contributed by atoms with Crippen LogP contribution in [0.3, 0.4) is 0 Å². The number of aromatic amines is 1. The number of H-pyrrole nitrogens is 1. The second-order valence-corrected chi connectivity index (χ2v) is 5.93. The third-order valence-electron chi connectivity index (χ3n) is 4.62. The number of nitrogens with zero attached hydrogens (tertiary/aromatic N) is 4. The van der Waals surface area contributed by atoms with Gasteiger partial charge in [-0.1, -0.05) is 0 Å². The molecule has 0 atom stereocenters. The largest absolute Gasteiger partial charge is 0.332 e. The molecule has 0 aromatic carbocycles. The highest BCUT2D eigenvalue weighted by atomic mass is 16.2. The van der Waals surface area contributed by atoms with Gasteiger partial charge in [-0.05, 0) is 19.3 Å². The number of hydrogen-bond donors (Lipinski definition) is 2. The Labute approximate surface area is 132 Å². The smallest absolute Gasteiger partial charge is 0.258 e. The van der Waals surface area contributed by atoms with E-state index in [-0.39, 0.29) is 18.0 Å². The van der Waals surface area contributed by atoms with Crippen molar-refractivity contribution in [3.8, 4) is 0 Å². The molecule has 8 heteroatoms. The molecule has 0 unspecified atom stereocenters. The summed E-state index contributed by atoms with van der Waals surface area (Å²) >= 11 is 0. The zero-order valence-corrected chi connectivity index (χ0v) is 12.7. The van der Waals surface area contributed by atoms with Gasteiger partial charge in [-0.3, -0.25) is 14.3 Å². The predicted octanol–water partition coefficient (Wildman–Crippen LogP) is -0.430. The van der Waals surface area contributed by atoms with E-state index in [1.807, 2.05) is 4.68 Å². The number of nitrogens with two attached hydrogens (primary N) is 1. The minimum Gasteiger partial charge on any atom is -0.332 e. The Morgan fingerprint density at radius 1 is 1.35 bits per heavy atom. The van der Waals surface area contributed by atoms with Crippen molar-refractivity contribution in [2.45, 2.75) is 38.9 Å². The first-order valence-electron chi connectivity index (χ1n) is 7.82. The SMILES string of the molecule is NCc1nn2c(c1C(=O)N1CCc3c(nc[nH]c3=O)C1)CCC2. The minimum absolute atomic E-state index is 0.0543. The number of carbonyl (C=O) groups is 1. The lowest BCUT2D eigenvalue weighted by atomic mass is 10.0. The van der Waals surface area contributed by atoms with E-state index in [1.165, 1.54) is 6.33 Å². The van der Waals surface area contributed by atoms with Crippen LogP contribution in [0.5, 0.6) is 0 Å². The number of hydrogen-bond acceptors (Lipinski definition) is 5. The van der Waals surface area contributed by atoms with E-state index < -0.39 is 0 Å². The molecule has 4 rings (SSSR count). The third-order valence-corrected chi connectivity index (χ3v) is 4.62. The summed E-state index contributed by atoms with van der Waals surface area (Å²) in [5, 5.41) is 4.46. The summed E-state index contributed by atoms with van der Waals surface area (Å²) in [7, 11) is 0. The summed E-state index contributed by atoms with van der Waals surface area (Å²) < 4.78 is 1.90. The van der Waals surface area contributed by atoms with Gasteiger partial charge in [-0.2, -0.15) is 5.10 Å². The molecular weight excluding hydrogens is 296 g/mol. The van der Waals surface area contributed by atoms with Crippen LogP contribution in [-0.4, -0.2) is 37.1 Å². The molecule has 0 radical (unpaired) electrons. The minimum atomic E-state index is -0.115. The van der Waals surface area contributed by atoms with Crippen molar-refractivity contribution in [2.24, 2.45) is 5.73 Å². The molecule has 2 aliphatic rings. The van der Waals surface area contributed by atoms with Crippen molar-refractivity contribution in [1.82, 2.24) is 24.6 Å². The molecule has 0 spiro atoms. The Morgan fingerprint density at radius 2 is 2.22 bits per heavy atom. The van der Waals surface area contributed by atoms with Gasteiger partial charge in [0.1, 0.15) is 0 Å². The Balaban J connectivity index is 1.68. The van der Waals surface area contributed by atoms with E-state index in [2.05, 4.69) is 15.1 Å². The fourth-order valence-electron chi connectivity index (χ4n) is 3.47. The van der Waals surface area contributed by atoms with E-state index in [0.29, 0.717) is 42.0 Å². The average Bonchev–Trinajstić information content (AvgIpc) is 3.14. The van der Waals surface area contributed by atoms with E-state index in [4.69, 9.17) is 5.73 Å². The van der Waals surface area contributed by atoms with Crippen molar-refractivity contribution in [3.05, 3.63) is 44.9 Å². The number of aromatic nitrogens is 4.